The molecule has 19 atom stereocenters. The molecule has 2 heterocycles. The monoisotopic (exact) mass is 810 g/mol. The summed E-state index contributed by atoms with van der Waals surface area (Å²) in [7, 11) is 0. The molecule has 0 radical (unpaired) electrons. The Morgan fingerprint density at radius 3 is 2.07 bits per heavy atom. The van der Waals surface area contributed by atoms with Crippen molar-refractivity contribution in [2.45, 2.75) is 173 Å². The van der Waals surface area contributed by atoms with Gasteiger partial charge in [-0.25, -0.2) is 4.79 Å². The average Bonchev–Trinajstić information content (AvgIpc) is 3.15. The highest BCUT2D eigenvalue weighted by molar-refractivity contribution is 5.76. The van der Waals surface area contributed by atoms with Crippen LogP contribution in [0.2, 0.25) is 0 Å². The Morgan fingerprint density at radius 1 is 0.754 bits per heavy atom. The molecule has 0 spiro atoms. The molecule has 6 fully saturated rings. The quantitative estimate of drug-likeness (QED) is 0.126. The number of carbonyl (C=O) groups is 2. The van der Waals surface area contributed by atoms with E-state index in [9.17, 15) is 55.5 Å². The molecule has 9 N–H and O–H groups in total. The molecule has 324 valence electrons. The molecule has 4 saturated carbocycles. The maximum absolute atomic E-state index is 13.1. The Hall–Kier alpha value is -1.76. The topological polar surface area (TPSA) is 253 Å². The molecule has 0 unspecified atom stereocenters. The van der Waals surface area contributed by atoms with E-state index in [0.29, 0.717) is 25.7 Å². The number of aliphatic hydroxyl groups excluding tert-OH is 7. The first kappa shape index (κ1) is 43.3. The molecule has 15 heteroatoms. The zero-order valence-corrected chi connectivity index (χ0v) is 34.1. The standard InChI is InChI=1S/C42H66O15/c1-37(2)13-15-42(36(52)53)16-14-40(5)20(21(42)17-37)7-8-24-38(3)11-10-25(39(4,19-44)23(38)9-12-41(24,40)6)55-35-32(28(47)26(45)22(18-43)54-35)57-34-30(49)27(46)29(48)31(56-34)33(50)51/h7,21-32,34-35,43-49H,8-19H2,1-6H3,(H,50,51)(H,52,53)/t21-,22+,23+,24+,25-,26+,27-,28-,29-,30+,31-,32+,34-,35-,38-,39-,40+,41+,42-/m0/s1. The van der Waals surface area contributed by atoms with Gasteiger partial charge in [-0.2, -0.15) is 0 Å². The lowest BCUT2D eigenvalue weighted by molar-refractivity contribution is -0.376. The molecule has 0 aromatic heterocycles. The third-order valence-corrected chi connectivity index (χ3v) is 17.4. The van der Waals surface area contributed by atoms with Crippen molar-refractivity contribution < 1.29 is 74.5 Å². The van der Waals surface area contributed by atoms with E-state index < -0.39 is 96.9 Å². The summed E-state index contributed by atoms with van der Waals surface area (Å²) in [5, 5.41) is 95.2. The third-order valence-electron chi connectivity index (χ3n) is 17.4. The summed E-state index contributed by atoms with van der Waals surface area (Å²) in [5.74, 6) is -2.12. The van der Waals surface area contributed by atoms with Gasteiger partial charge in [-0.1, -0.05) is 53.2 Å². The van der Waals surface area contributed by atoms with Crippen LogP contribution in [0.1, 0.15) is 106 Å². The van der Waals surface area contributed by atoms with Gasteiger partial charge in [0.2, 0.25) is 0 Å². The molecule has 0 bridgehead atoms. The molecule has 5 aliphatic carbocycles. The summed E-state index contributed by atoms with van der Waals surface area (Å²) in [6, 6.07) is 0. The van der Waals surface area contributed by atoms with Crippen LogP contribution in [0.5, 0.6) is 0 Å². The zero-order chi connectivity index (χ0) is 41.8. The fraction of sp³-hybridized carbons (Fsp3) is 0.905. The van der Waals surface area contributed by atoms with Gasteiger partial charge in [0.15, 0.2) is 18.7 Å². The summed E-state index contributed by atoms with van der Waals surface area (Å²) < 4.78 is 23.8. The maximum atomic E-state index is 13.1. The second-order valence-electron chi connectivity index (χ2n) is 20.5. The Labute approximate surface area is 334 Å². The Balaban J connectivity index is 1.17. The van der Waals surface area contributed by atoms with Crippen LogP contribution in [0, 0.1) is 50.2 Å². The van der Waals surface area contributed by atoms with Gasteiger partial charge in [-0.05, 0) is 104 Å². The fourth-order valence-corrected chi connectivity index (χ4v) is 13.6. The number of rotatable bonds is 8. The van der Waals surface area contributed by atoms with Gasteiger partial charge in [0.25, 0.3) is 0 Å². The van der Waals surface area contributed by atoms with Crippen LogP contribution < -0.4 is 0 Å². The Kier molecular flexibility index (Phi) is 11.2. The SMILES string of the molecule is CC1(C)CC[C@]2(C(=O)O)CC[C@]3(C)C(=CC[C@@H]4[C@@]5(C)CC[C@H](O[C@@H]6O[C@H](CO)[C@@H](O)[C@H](O)[C@H]6O[C@@H]6O[C@H](C(=O)O)[C@@H](O)[C@H](O)[C@H]6O)[C@@](C)(CO)[C@@H]5CC[C@]43C)[C@@H]2C1. The van der Waals surface area contributed by atoms with E-state index in [0.717, 1.165) is 38.5 Å². The molecule has 57 heavy (non-hydrogen) atoms. The van der Waals surface area contributed by atoms with E-state index in [4.69, 9.17) is 18.9 Å². The minimum absolute atomic E-state index is 0.0154. The number of allylic oxidation sites excluding steroid dienone is 2. The van der Waals surface area contributed by atoms with Gasteiger partial charge in [0.1, 0.15) is 42.7 Å². The van der Waals surface area contributed by atoms with E-state index in [1.165, 1.54) is 5.57 Å². The number of aliphatic hydroxyl groups is 7. The number of aliphatic carboxylic acids is 2. The minimum atomic E-state index is -1.98. The highest BCUT2D eigenvalue weighted by Crippen LogP contribution is 2.76. The lowest BCUT2D eigenvalue weighted by atomic mass is 9.33. The molecule has 0 aromatic rings. The number of ether oxygens (including phenoxy) is 4. The molecule has 2 aliphatic heterocycles. The summed E-state index contributed by atoms with van der Waals surface area (Å²) in [4.78, 5) is 24.9. The van der Waals surface area contributed by atoms with Crippen molar-refractivity contribution in [2.24, 2.45) is 50.2 Å². The average molecular weight is 811 g/mol. The lowest BCUT2D eigenvalue weighted by Gasteiger charge is -2.71. The van der Waals surface area contributed by atoms with Crippen molar-refractivity contribution >= 4 is 11.9 Å². The van der Waals surface area contributed by atoms with E-state index in [2.05, 4.69) is 40.7 Å². The summed E-state index contributed by atoms with van der Waals surface area (Å²) >= 11 is 0. The van der Waals surface area contributed by atoms with Crippen LogP contribution in [0.25, 0.3) is 0 Å². The van der Waals surface area contributed by atoms with E-state index in [1.807, 2.05) is 6.92 Å². The highest BCUT2D eigenvalue weighted by Gasteiger charge is 2.70. The smallest absolute Gasteiger partial charge is 0.335 e. The van der Waals surface area contributed by atoms with Gasteiger partial charge < -0.3 is 64.9 Å². The predicted molar refractivity (Wildman–Crippen MR) is 200 cm³/mol. The second-order valence-corrected chi connectivity index (χ2v) is 20.5. The zero-order valence-electron chi connectivity index (χ0n) is 34.1. The maximum Gasteiger partial charge on any atom is 0.335 e. The van der Waals surface area contributed by atoms with Gasteiger partial charge in [0, 0.05) is 5.41 Å². The van der Waals surface area contributed by atoms with Gasteiger partial charge in [-0.15, -0.1) is 0 Å². The van der Waals surface area contributed by atoms with Crippen LogP contribution in [-0.2, 0) is 28.5 Å². The van der Waals surface area contributed by atoms with E-state index in [-0.39, 0.29) is 46.0 Å². The van der Waals surface area contributed by atoms with Gasteiger partial charge in [0.05, 0.1) is 24.7 Å². The second kappa shape index (κ2) is 14.7. The molecule has 15 nitrogen and oxygen atoms in total. The van der Waals surface area contributed by atoms with Crippen LogP contribution in [-0.4, -0.2) is 139 Å². The van der Waals surface area contributed by atoms with Crippen LogP contribution >= 0.6 is 0 Å². The number of carboxylic acids is 2. The van der Waals surface area contributed by atoms with Crippen molar-refractivity contribution in [1.29, 1.82) is 0 Å². The number of carboxylic acid groups (broad SMARTS) is 2. The first-order chi connectivity index (χ1) is 26.5. The third kappa shape index (κ3) is 6.39. The van der Waals surface area contributed by atoms with Crippen molar-refractivity contribution in [2.75, 3.05) is 13.2 Å². The van der Waals surface area contributed by atoms with Gasteiger partial charge >= 0.3 is 11.9 Å². The first-order valence-corrected chi connectivity index (χ1v) is 21.0. The Morgan fingerprint density at radius 2 is 1.44 bits per heavy atom. The minimum Gasteiger partial charge on any atom is -0.481 e. The summed E-state index contributed by atoms with van der Waals surface area (Å²) in [5.41, 5.74) is -0.792. The first-order valence-electron chi connectivity index (χ1n) is 21.0. The molecule has 2 saturated heterocycles. The van der Waals surface area contributed by atoms with Crippen molar-refractivity contribution in [1.82, 2.24) is 0 Å². The molecular formula is C42H66O15. The van der Waals surface area contributed by atoms with Crippen LogP contribution in [0.15, 0.2) is 11.6 Å². The summed E-state index contributed by atoms with van der Waals surface area (Å²) in [6.45, 7) is 12.7. The van der Waals surface area contributed by atoms with Crippen molar-refractivity contribution in [3.8, 4) is 0 Å². The fourth-order valence-electron chi connectivity index (χ4n) is 13.6. The molecule has 7 aliphatic rings. The molecule has 0 amide bonds. The van der Waals surface area contributed by atoms with Crippen molar-refractivity contribution in [3.63, 3.8) is 0 Å². The van der Waals surface area contributed by atoms with E-state index >= 15 is 0 Å². The van der Waals surface area contributed by atoms with E-state index in [1.54, 1.807) is 0 Å². The normalized spacial score (nSPS) is 53.3. The number of fused-ring (bicyclic) bond motifs is 7. The lowest BCUT2D eigenvalue weighted by Crippen LogP contribution is -2.67. The number of hydrogen-bond donors (Lipinski definition) is 9. The highest BCUT2D eigenvalue weighted by atomic mass is 16.8. The largest absolute Gasteiger partial charge is 0.481 e. The van der Waals surface area contributed by atoms with Crippen molar-refractivity contribution in [3.05, 3.63) is 11.6 Å². The Bertz CT molecular complexity index is 1590. The van der Waals surface area contributed by atoms with Crippen LogP contribution in [0.4, 0.5) is 0 Å². The summed E-state index contributed by atoms with van der Waals surface area (Å²) in [6.07, 6.45) is -8.45. The molecule has 0 aromatic carbocycles. The van der Waals surface area contributed by atoms with Crippen LogP contribution in [0.3, 0.4) is 0 Å². The number of hydrogen-bond acceptors (Lipinski definition) is 13. The van der Waals surface area contributed by atoms with Gasteiger partial charge in [-0.3, -0.25) is 4.79 Å². The molecule has 7 rings (SSSR count). The predicted octanol–water partition coefficient (Wildman–Crippen LogP) is 1.95. The molecular weight excluding hydrogens is 744 g/mol.